The maximum Gasteiger partial charge on any atom is 0.317 e. The highest BCUT2D eigenvalue weighted by atomic mass is 19.3. The monoisotopic (exact) mass is 271 g/mol. The number of nitrogens with zero attached hydrogens (tertiary/aromatic N) is 1. The third-order valence-electron chi connectivity index (χ3n) is 2.59. The molecule has 0 heterocycles. The lowest BCUT2D eigenvalue weighted by atomic mass is 10.1. The number of halogens is 2. The first-order valence-electron chi connectivity index (χ1n) is 6.19. The third-order valence-corrected chi connectivity index (χ3v) is 2.59. The van der Waals surface area contributed by atoms with Gasteiger partial charge in [0.2, 0.25) is 0 Å². The lowest BCUT2D eigenvalue weighted by molar-refractivity contribution is -0.138. The molecule has 3 nitrogen and oxygen atoms in total. The van der Waals surface area contributed by atoms with Crippen LogP contribution in [0.4, 0.5) is 8.78 Å². The molecule has 0 aromatic heterocycles. The van der Waals surface area contributed by atoms with Crippen LogP contribution >= 0.6 is 0 Å². The normalized spacial score (nSPS) is 11.5. The number of benzene rings is 1. The quantitative estimate of drug-likeness (QED) is 0.828. The number of carboxylic acids is 1. The topological polar surface area (TPSA) is 40.5 Å². The zero-order valence-corrected chi connectivity index (χ0v) is 11.1. The van der Waals surface area contributed by atoms with Crippen LogP contribution in [0.3, 0.4) is 0 Å². The fraction of sp³-hybridized carbons (Fsp3) is 0.500. The minimum absolute atomic E-state index is 0.0303. The Morgan fingerprint density at radius 2 is 2.05 bits per heavy atom. The lowest BCUT2D eigenvalue weighted by Gasteiger charge is -2.22. The predicted octanol–water partition coefficient (Wildman–Crippen LogP) is 3.17. The molecule has 0 amide bonds. The molecule has 0 aliphatic carbocycles. The molecule has 1 N–H and O–H groups in total. The maximum atomic E-state index is 12.6. The molecule has 0 radical (unpaired) electrons. The summed E-state index contributed by atoms with van der Waals surface area (Å²) in [6, 6.07) is 6.12. The fourth-order valence-electron chi connectivity index (χ4n) is 1.98. The molecule has 0 aliphatic heterocycles. The van der Waals surface area contributed by atoms with Crippen molar-refractivity contribution in [2.24, 2.45) is 5.92 Å². The van der Waals surface area contributed by atoms with Crippen molar-refractivity contribution < 1.29 is 18.7 Å². The third kappa shape index (κ3) is 5.79. The van der Waals surface area contributed by atoms with Crippen molar-refractivity contribution in [1.82, 2.24) is 4.90 Å². The summed E-state index contributed by atoms with van der Waals surface area (Å²) in [7, 11) is 0. The van der Waals surface area contributed by atoms with Crippen molar-refractivity contribution in [1.29, 1.82) is 0 Å². The fourth-order valence-corrected chi connectivity index (χ4v) is 1.98. The second-order valence-corrected chi connectivity index (χ2v) is 5.00. The number of rotatable bonds is 7. The van der Waals surface area contributed by atoms with Crippen molar-refractivity contribution in [2.45, 2.75) is 26.8 Å². The molecule has 1 aromatic carbocycles. The number of hydrogen-bond donors (Lipinski definition) is 1. The Kier molecular flexibility index (Phi) is 5.89. The van der Waals surface area contributed by atoms with Gasteiger partial charge in [0.05, 0.1) is 6.54 Å². The summed E-state index contributed by atoms with van der Waals surface area (Å²) in [5, 5.41) is 8.86. The van der Waals surface area contributed by atoms with Gasteiger partial charge in [0.15, 0.2) is 0 Å². The van der Waals surface area contributed by atoms with Gasteiger partial charge in [-0.1, -0.05) is 32.0 Å². The molecule has 0 spiro atoms. The van der Waals surface area contributed by atoms with E-state index in [4.69, 9.17) is 5.11 Å². The van der Waals surface area contributed by atoms with Gasteiger partial charge < -0.3 is 5.11 Å². The Morgan fingerprint density at radius 3 is 2.58 bits per heavy atom. The number of aliphatic carboxylic acids is 1. The molecular weight excluding hydrogens is 252 g/mol. The van der Waals surface area contributed by atoms with E-state index in [9.17, 15) is 13.6 Å². The summed E-state index contributed by atoms with van der Waals surface area (Å²) >= 11 is 0. The maximum absolute atomic E-state index is 12.6. The van der Waals surface area contributed by atoms with Gasteiger partial charge in [-0.15, -0.1) is 0 Å². The first kappa shape index (κ1) is 15.6. The smallest absolute Gasteiger partial charge is 0.317 e. The molecule has 19 heavy (non-hydrogen) atoms. The highest BCUT2D eigenvalue weighted by molar-refractivity contribution is 5.69. The van der Waals surface area contributed by atoms with Crippen molar-refractivity contribution in [3.63, 3.8) is 0 Å². The Bertz CT molecular complexity index is 422. The Morgan fingerprint density at radius 1 is 1.37 bits per heavy atom. The highest BCUT2D eigenvalue weighted by Crippen LogP contribution is 2.20. The summed E-state index contributed by atoms with van der Waals surface area (Å²) in [5.41, 5.74) is 0.678. The Labute approximate surface area is 111 Å². The first-order valence-corrected chi connectivity index (χ1v) is 6.19. The van der Waals surface area contributed by atoms with Crippen LogP contribution in [0.2, 0.25) is 0 Å². The van der Waals surface area contributed by atoms with Gasteiger partial charge in [0.25, 0.3) is 6.43 Å². The van der Waals surface area contributed by atoms with E-state index in [0.717, 1.165) is 0 Å². The summed E-state index contributed by atoms with van der Waals surface area (Å²) in [6.07, 6.45) is -2.50. The van der Waals surface area contributed by atoms with Crippen LogP contribution in [0, 0.1) is 5.92 Å². The Hall–Kier alpha value is -1.49. The molecule has 0 fully saturated rings. The Balaban J connectivity index is 2.77. The van der Waals surface area contributed by atoms with Crippen LogP contribution in [0.25, 0.3) is 0 Å². The highest BCUT2D eigenvalue weighted by Gasteiger charge is 2.13. The van der Waals surface area contributed by atoms with E-state index in [1.165, 1.54) is 12.1 Å². The van der Waals surface area contributed by atoms with Gasteiger partial charge >= 0.3 is 5.97 Å². The SMILES string of the molecule is CC(C)CN(CC(=O)O)Cc1cccc(C(F)F)c1. The zero-order valence-electron chi connectivity index (χ0n) is 11.1. The molecule has 0 atom stereocenters. The van der Waals surface area contributed by atoms with E-state index in [0.29, 0.717) is 24.6 Å². The van der Waals surface area contributed by atoms with E-state index in [2.05, 4.69) is 0 Å². The minimum Gasteiger partial charge on any atom is -0.480 e. The summed E-state index contributed by atoms with van der Waals surface area (Å²) in [4.78, 5) is 12.5. The number of carboxylic acid groups (broad SMARTS) is 1. The van der Waals surface area contributed by atoms with Crippen LogP contribution in [0.5, 0.6) is 0 Å². The van der Waals surface area contributed by atoms with Crippen LogP contribution in [0.1, 0.15) is 31.4 Å². The van der Waals surface area contributed by atoms with Crippen LogP contribution in [0.15, 0.2) is 24.3 Å². The van der Waals surface area contributed by atoms with Gasteiger partial charge in [-0.05, 0) is 17.5 Å². The summed E-state index contributed by atoms with van der Waals surface area (Å²) in [6.45, 7) is 4.88. The molecule has 0 bridgehead atoms. The second-order valence-electron chi connectivity index (χ2n) is 5.00. The molecule has 0 unspecified atom stereocenters. The second kappa shape index (κ2) is 7.19. The molecular formula is C14H19F2NO2. The molecule has 0 saturated carbocycles. The van der Waals surface area contributed by atoms with Crippen molar-refractivity contribution in [2.75, 3.05) is 13.1 Å². The van der Waals surface area contributed by atoms with Crippen molar-refractivity contribution in [3.05, 3.63) is 35.4 Å². The van der Waals surface area contributed by atoms with Gasteiger partial charge in [-0.3, -0.25) is 9.69 Å². The van der Waals surface area contributed by atoms with Crippen LogP contribution < -0.4 is 0 Å². The van der Waals surface area contributed by atoms with Gasteiger partial charge in [-0.2, -0.15) is 0 Å². The lowest BCUT2D eigenvalue weighted by Crippen LogP contribution is -2.32. The zero-order chi connectivity index (χ0) is 14.4. The molecule has 1 aromatic rings. The van der Waals surface area contributed by atoms with E-state index in [-0.39, 0.29) is 12.1 Å². The molecule has 1 rings (SSSR count). The number of hydrogen-bond acceptors (Lipinski definition) is 2. The standard InChI is InChI=1S/C14H19F2NO2/c1-10(2)7-17(9-13(18)19)8-11-4-3-5-12(6-11)14(15)16/h3-6,10,14H,7-9H2,1-2H3,(H,18,19). The van der Waals surface area contributed by atoms with Crippen LogP contribution in [-0.4, -0.2) is 29.1 Å². The predicted molar refractivity (Wildman–Crippen MR) is 69.1 cm³/mol. The summed E-state index contributed by atoms with van der Waals surface area (Å²) < 4.78 is 25.2. The largest absolute Gasteiger partial charge is 0.480 e. The van der Waals surface area contributed by atoms with Crippen molar-refractivity contribution in [3.8, 4) is 0 Å². The van der Waals surface area contributed by atoms with E-state index >= 15 is 0 Å². The molecule has 0 aliphatic rings. The van der Waals surface area contributed by atoms with Crippen molar-refractivity contribution >= 4 is 5.97 Å². The number of alkyl halides is 2. The van der Waals surface area contributed by atoms with Gasteiger partial charge in [0, 0.05) is 18.7 Å². The molecule has 0 saturated heterocycles. The molecule has 106 valence electrons. The minimum atomic E-state index is -2.50. The number of carbonyl (C=O) groups is 1. The van der Waals surface area contributed by atoms with E-state index < -0.39 is 12.4 Å². The summed E-state index contributed by atoms with van der Waals surface area (Å²) in [5.74, 6) is -0.594. The average molecular weight is 271 g/mol. The average Bonchev–Trinajstić information content (AvgIpc) is 2.27. The van der Waals surface area contributed by atoms with Gasteiger partial charge in [-0.25, -0.2) is 8.78 Å². The molecule has 5 heteroatoms. The van der Waals surface area contributed by atoms with Crippen LogP contribution in [-0.2, 0) is 11.3 Å². The van der Waals surface area contributed by atoms with Gasteiger partial charge in [0.1, 0.15) is 0 Å². The van der Waals surface area contributed by atoms with E-state index in [1.807, 2.05) is 13.8 Å². The van der Waals surface area contributed by atoms with E-state index in [1.54, 1.807) is 17.0 Å². The first-order chi connectivity index (χ1) is 8.88.